The molecule has 3 aromatic rings. The van der Waals surface area contributed by atoms with Gasteiger partial charge in [0, 0.05) is 5.56 Å². The summed E-state index contributed by atoms with van der Waals surface area (Å²) in [7, 11) is 0. The van der Waals surface area contributed by atoms with Gasteiger partial charge in [0.25, 0.3) is 11.8 Å². The lowest BCUT2D eigenvalue weighted by Crippen LogP contribution is -2.54. The van der Waals surface area contributed by atoms with Crippen LogP contribution in [0.5, 0.6) is 0 Å². The Bertz CT molecular complexity index is 1320. The zero-order valence-corrected chi connectivity index (χ0v) is 17.5. The number of amides is 2. The molecule has 0 aliphatic carbocycles. The smallest absolute Gasteiger partial charge is 0.337 e. The van der Waals surface area contributed by atoms with E-state index >= 15 is 0 Å². The predicted molar refractivity (Wildman–Crippen MR) is 119 cm³/mol. The summed E-state index contributed by atoms with van der Waals surface area (Å²) >= 11 is 11.0. The van der Waals surface area contributed by atoms with Crippen molar-refractivity contribution >= 4 is 58.5 Å². The first-order chi connectivity index (χ1) is 15.2. The van der Waals surface area contributed by atoms with Gasteiger partial charge in [0.1, 0.15) is 22.9 Å². The fraction of sp³-hybridized carbons (Fsp3) is 0. The summed E-state index contributed by atoms with van der Waals surface area (Å²) < 4.78 is 18.9. The van der Waals surface area contributed by atoms with Gasteiger partial charge in [-0.15, -0.1) is 0 Å². The minimum atomic E-state index is -1.19. The number of nitrogens with zero attached hydrogens (tertiary/aromatic N) is 1. The van der Waals surface area contributed by atoms with E-state index in [0.29, 0.717) is 11.3 Å². The van der Waals surface area contributed by atoms with Gasteiger partial charge >= 0.3 is 5.97 Å². The second kappa shape index (κ2) is 8.37. The second-order valence-electron chi connectivity index (χ2n) is 6.64. The highest BCUT2D eigenvalue weighted by atomic mass is 35.5. The Morgan fingerprint density at radius 1 is 1.12 bits per heavy atom. The van der Waals surface area contributed by atoms with Gasteiger partial charge in [-0.1, -0.05) is 11.6 Å². The van der Waals surface area contributed by atoms with Crippen molar-refractivity contribution in [2.24, 2.45) is 0 Å². The standard InChI is InChI=1S/C22H12ClFN2O5S/c23-17-7-1-11(9-15(17)21(29)30)18-8-6-14(31-18)10-16-19(27)25-22(32)26(20(16)28)13-4-2-12(24)3-5-13/h1-10H,(H,29,30)(H,25,27,32)/b16-10-. The van der Waals surface area contributed by atoms with Crippen LogP contribution in [0, 0.1) is 5.82 Å². The van der Waals surface area contributed by atoms with E-state index in [2.05, 4.69) is 5.32 Å². The van der Waals surface area contributed by atoms with Crippen LogP contribution in [0.25, 0.3) is 17.4 Å². The number of hydrogen-bond acceptors (Lipinski definition) is 5. The molecule has 2 amide bonds. The summed E-state index contributed by atoms with van der Waals surface area (Å²) in [6, 6.07) is 12.5. The van der Waals surface area contributed by atoms with Crippen molar-refractivity contribution in [1.29, 1.82) is 0 Å². The molecule has 1 fully saturated rings. The molecule has 0 bridgehead atoms. The Hall–Kier alpha value is -3.82. The van der Waals surface area contributed by atoms with E-state index in [4.69, 9.17) is 28.2 Å². The SMILES string of the molecule is O=C1NC(=S)N(c2ccc(F)cc2)C(=O)/C1=C\c1ccc(-c2ccc(Cl)c(C(=O)O)c2)o1. The molecular formula is C22H12ClFN2O5S. The molecule has 2 heterocycles. The van der Waals surface area contributed by atoms with Crippen LogP contribution in [0.3, 0.4) is 0 Å². The number of furan rings is 1. The average Bonchev–Trinajstić information content (AvgIpc) is 3.21. The van der Waals surface area contributed by atoms with E-state index in [9.17, 15) is 23.9 Å². The molecule has 1 saturated heterocycles. The first-order valence-electron chi connectivity index (χ1n) is 9.04. The van der Waals surface area contributed by atoms with E-state index in [1.807, 2.05) is 0 Å². The maximum absolute atomic E-state index is 13.2. The van der Waals surface area contributed by atoms with Crippen molar-refractivity contribution in [1.82, 2.24) is 5.32 Å². The number of carbonyl (C=O) groups is 3. The molecule has 160 valence electrons. The van der Waals surface area contributed by atoms with Crippen molar-refractivity contribution in [3.63, 3.8) is 0 Å². The molecule has 4 rings (SSSR count). The number of benzene rings is 2. The first-order valence-corrected chi connectivity index (χ1v) is 9.83. The maximum atomic E-state index is 13.2. The van der Waals surface area contributed by atoms with Crippen molar-refractivity contribution < 1.29 is 28.3 Å². The maximum Gasteiger partial charge on any atom is 0.337 e. The summed E-state index contributed by atoms with van der Waals surface area (Å²) in [6.07, 6.45) is 1.24. The molecule has 10 heteroatoms. The number of nitrogens with one attached hydrogen (secondary N) is 1. The van der Waals surface area contributed by atoms with Crippen LogP contribution < -0.4 is 10.2 Å². The van der Waals surface area contributed by atoms with E-state index in [-0.39, 0.29) is 32.7 Å². The van der Waals surface area contributed by atoms with Crippen LogP contribution in [-0.4, -0.2) is 28.0 Å². The largest absolute Gasteiger partial charge is 0.478 e. The summed E-state index contributed by atoms with van der Waals surface area (Å²) in [6.45, 7) is 0. The number of halogens is 2. The fourth-order valence-electron chi connectivity index (χ4n) is 3.05. The molecule has 0 spiro atoms. The second-order valence-corrected chi connectivity index (χ2v) is 7.43. The number of carboxylic acids is 1. The van der Waals surface area contributed by atoms with Gasteiger partial charge in [-0.05, 0) is 72.9 Å². The summed E-state index contributed by atoms with van der Waals surface area (Å²) in [4.78, 5) is 37.7. The van der Waals surface area contributed by atoms with Crippen LogP contribution in [-0.2, 0) is 9.59 Å². The van der Waals surface area contributed by atoms with Gasteiger partial charge < -0.3 is 9.52 Å². The lowest BCUT2D eigenvalue weighted by atomic mass is 10.1. The Morgan fingerprint density at radius 3 is 2.53 bits per heavy atom. The zero-order chi connectivity index (χ0) is 23.0. The fourth-order valence-corrected chi connectivity index (χ4v) is 3.53. The third kappa shape index (κ3) is 4.03. The van der Waals surface area contributed by atoms with Crippen LogP contribution in [0.1, 0.15) is 16.1 Å². The van der Waals surface area contributed by atoms with Crippen LogP contribution in [0.4, 0.5) is 10.1 Å². The number of anilines is 1. The highest BCUT2D eigenvalue weighted by Crippen LogP contribution is 2.28. The molecule has 0 unspecified atom stereocenters. The van der Waals surface area contributed by atoms with Crippen molar-refractivity contribution in [3.8, 4) is 11.3 Å². The Kier molecular flexibility index (Phi) is 5.60. The van der Waals surface area contributed by atoms with Crippen molar-refractivity contribution in [2.45, 2.75) is 0 Å². The monoisotopic (exact) mass is 470 g/mol. The molecule has 2 aromatic carbocycles. The van der Waals surface area contributed by atoms with Gasteiger partial charge in [0.15, 0.2) is 5.11 Å². The predicted octanol–water partition coefficient (Wildman–Crippen LogP) is 4.27. The van der Waals surface area contributed by atoms with Gasteiger partial charge in [0.05, 0.1) is 16.3 Å². The van der Waals surface area contributed by atoms with E-state index in [1.54, 1.807) is 12.1 Å². The molecule has 1 aliphatic rings. The molecule has 0 saturated carbocycles. The van der Waals surface area contributed by atoms with Gasteiger partial charge in [0.2, 0.25) is 0 Å². The molecule has 0 radical (unpaired) electrons. The number of carboxylic acid groups (broad SMARTS) is 1. The topological polar surface area (TPSA) is 99.9 Å². The molecule has 7 nitrogen and oxygen atoms in total. The molecule has 1 aromatic heterocycles. The van der Waals surface area contributed by atoms with Gasteiger partial charge in [-0.2, -0.15) is 0 Å². The lowest BCUT2D eigenvalue weighted by molar-refractivity contribution is -0.122. The van der Waals surface area contributed by atoms with E-state index in [1.165, 1.54) is 48.5 Å². The zero-order valence-electron chi connectivity index (χ0n) is 16.0. The van der Waals surface area contributed by atoms with Crippen LogP contribution >= 0.6 is 23.8 Å². The minimum Gasteiger partial charge on any atom is -0.478 e. The minimum absolute atomic E-state index is 0.0801. The number of aromatic carboxylic acids is 1. The highest BCUT2D eigenvalue weighted by Gasteiger charge is 2.34. The van der Waals surface area contributed by atoms with Gasteiger partial charge in [-0.25, -0.2) is 9.18 Å². The lowest BCUT2D eigenvalue weighted by Gasteiger charge is -2.28. The number of rotatable bonds is 4. The third-order valence-electron chi connectivity index (χ3n) is 4.58. The first kappa shape index (κ1) is 21.4. The van der Waals surface area contributed by atoms with E-state index in [0.717, 1.165) is 4.90 Å². The third-order valence-corrected chi connectivity index (χ3v) is 5.20. The molecule has 0 atom stereocenters. The van der Waals surface area contributed by atoms with Crippen LogP contribution in [0.2, 0.25) is 5.02 Å². The quantitative estimate of drug-likeness (QED) is 0.335. The summed E-state index contributed by atoms with van der Waals surface area (Å²) in [5, 5.41) is 11.6. The number of hydrogen-bond donors (Lipinski definition) is 2. The Morgan fingerprint density at radius 2 is 1.84 bits per heavy atom. The van der Waals surface area contributed by atoms with Gasteiger partial charge in [-0.3, -0.25) is 19.8 Å². The number of thiocarbonyl (C=S) groups is 1. The Balaban J connectivity index is 1.67. The molecule has 32 heavy (non-hydrogen) atoms. The summed E-state index contributed by atoms with van der Waals surface area (Å²) in [5.74, 6) is -2.60. The summed E-state index contributed by atoms with van der Waals surface area (Å²) in [5.41, 5.74) is 0.400. The molecule has 2 N–H and O–H groups in total. The average molecular weight is 471 g/mol. The Labute approximate surface area is 190 Å². The highest BCUT2D eigenvalue weighted by molar-refractivity contribution is 7.80. The van der Waals surface area contributed by atoms with Crippen molar-refractivity contribution in [2.75, 3.05) is 4.90 Å². The molecule has 1 aliphatic heterocycles. The normalized spacial score (nSPS) is 15.2. The van der Waals surface area contributed by atoms with Crippen molar-refractivity contribution in [3.05, 3.63) is 82.3 Å². The van der Waals surface area contributed by atoms with Crippen LogP contribution in [0.15, 0.2) is 64.6 Å². The molecular weight excluding hydrogens is 459 g/mol. The number of carbonyl (C=O) groups excluding carboxylic acids is 2. The van der Waals surface area contributed by atoms with E-state index < -0.39 is 23.6 Å².